The summed E-state index contributed by atoms with van der Waals surface area (Å²) in [7, 11) is 0. The summed E-state index contributed by atoms with van der Waals surface area (Å²) in [5.74, 6) is 0.447. The van der Waals surface area contributed by atoms with Gasteiger partial charge in [0.1, 0.15) is 6.07 Å². The zero-order valence-corrected chi connectivity index (χ0v) is 16.0. The third kappa shape index (κ3) is 3.80. The Morgan fingerprint density at radius 2 is 2.04 bits per heavy atom. The molecule has 1 aliphatic heterocycles. The first-order chi connectivity index (χ1) is 13.7. The lowest BCUT2D eigenvalue weighted by molar-refractivity contribution is 0.203. The van der Waals surface area contributed by atoms with E-state index in [0.29, 0.717) is 17.9 Å². The van der Waals surface area contributed by atoms with Crippen LogP contribution < -0.4 is 5.56 Å². The van der Waals surface area contributed by atoms with Crippen molar-refractivity contribution in [3.8, 4) is 6.07 Å². The fourth-order valence-corrected chi connectivity index (χ4v) is 3.87. The van der Waals surface area contributed by atoms with Gasteiger partial charge in [-0.1, -0.05) is 6.92 Å². The molecule has 1 saturated heterocycles. The van der Waals surface area contributed by atoms with E-state index in [1.54, 1.807) is 6.20 Å². The summed E-state index contributed by atoms with van der Waals surface area (Å²) in [4.78, 5) is 26.4. The van der Waals surface area contributed by atoms with E-state index in [1.807, 2.05) is 37.4 Å². The number of fused-ring (bicyclic) bond motifs is 1. The van der Waals surface area contributed by atoms with Gasteiger partial charge in [0.25, 0.3) is 5.56 Å². The van der Waals surface area contributed by atoms with Crippen LogP contribution in [0, 0.1) is 11.3 Å². The van der Waals surface area contributed by atoms with Gasteiger partial charge in [-0.05, 0) is 62.2 Å². The highest BCUT2D eigenvalue weighted by atomic mass is 16.1. The van der Waals surface area contributed by atoms with Crippen LogP contribution in [0.25, 0.3) is 11.0 Å². The summed E-state index contributed by atoms with van der Waals surface area (Å²) in [6.45, 7) is 4.79. The van der Waals surface area contributed by atoms with Crippen molar-refractivity contribution in [3.05, 3.63) is 69.4 Å². The number of likely N-dealkylation sites (tertiary alicyclic amines) is 1. The molecule has 1 fully saturated rings. The number of nitrogens with zero attached hydrogens (tertiary/aromatic N) is 4. The van der Waals surface area contributed by atoms with Crippen molar-refractivity contribution in [2.75, 3.05) is 13.1 Å². The molecule has 3 aromatic rings. The van der Waals surface area contributed by atoms with E-state index in [9.17, 15) is 4.79 Å². The van der Waals surface area contributed by atoms with E-state index >= 15 is 0 Å². The molecule has 1 aliphatic rings. The van der Waals surface area contributed by atoms with Gasteiger partial charge in [0.15, 0.2) is 0 Å². The lowest BCUT2D eigenvalue weighted by Gasteiger charge is -2.31. The molecule has 1 N–H and O–H groups in total. The lowest BCUT2D eigenvalue weighted by atomic mass is 9.92. The lowest BCUT2D eigenvalue weighted by Crippen LogP contribution is -2.32. The van der Waals surface area contributed by atoms with Crippen LogP contribution in [0.5, 0.6) is 0 Å². The standard InChI is InChI=1S/C22H23N5O/c1-2-17-10-20-21(26-22(17)28)9-16(13-25-20)14-27-7-5-18(6-8-27)19-4-3-15(11-23)12-24-19/h3-4,9-10,12-13,18H,2,5-8,14H2,1H3,(H,26,28). The second-order valence-electron chi connectivity index (χ2n) is 7.39. The molecule has 0 amide bonds. The fourth-order valence-electron chi connectivity index (χ4n) is 3.87. The van der Waals surface area contributed by atoms with E-state index in [4.69, 9.17) is 5.26 Å². The summed E-state index contributed by atoms with van der Waals surface area (Å²) < 4.78 is 0. The number of pyridine rings is 3. The molecule has 0 aromatic carbocycles. The van der Waals surface area contributed by atoms with E-state index in [0.717, 1.165) is 60.3 Å². The minimum atomic E-state index is -0.0234. The van der Waals surface area contributed by atoms with Gasteiger partial charge in [0.05, 0.1) is 16.6 Å². The van der Waals surface area contributed by atoms with Crippen molar-refractivity contribution in [2.45, 2.75) is 38.6 Å². The van der Waals surface area contributed by atoms with Crippen molar-refractivity contribution in [1.29, 1.82) is 5.26 Å². The fraction of sp³-hybridized carbons (Fsp3) is 0.364. The van der Waals surface area contributed by atoms with Crippen LogP contribution in [0.4, 0.5) is 0 Å². The molecule has 6 heteroatoms. The van der Waals surface area contributed by atoms with Crippen LogP contribution in [-0.2, 0) is 13.0 Å². The third-order valence-corrected chi connectivity index (χ3v) is 5.53. The van der Waals surface area contributed by atoms with Gasteiger partial charge < -0.3 is 4.98 Å². The average Bonchev–Trinajstić information content (AvgIpc) is 2.74. The topological polar surface area (TPSA) is 85.7 Å². The van der Waals surface area contributed by atoms with E-state index in [2.05, 4.69) is 25.9 Å². The Labute approximate surface area is 163 Å². The van der Waals surface area contributed by atoms with Crippen LogP contribution in [0.15, 0.2) is 41.5 Å². The minimum Gasteiger partial charge on any atom is -0.320 e. The number of rotatable bonds is 4. The molecule has 0 unspecified atom stereocenters. The molecule has 28 heavy (non-hydrogen) atoms. The number of H-pyrrole nitrogens is 1. The second kappa shape index (κ2) is 7.91. The SMILES string of the molecule is CCc1cc2ncc(CN3CCC(c4ccc(C#N)cn4)CC3)cc2[nH]c1=O. The number of nitrogens with one attached hydrogen (secondary N) is 1. The molecule has 6 nitrogen and oxygen atoms in total. The van der Waals surface area contributed by atoms with Gasteiger partial charge in [0, 0.05) is 36.1 Å². The summed E-state index contributed by atoms with van der Waals surface area (Å²) in [6.07, 6.45) is 6.38. The largest absolute Gasteiger partial charge is 0.320 e. The average molecular weight is 373 g/mol. The first kappa shape index (κ1) is 18.3. The number of piperidine rings is 1. The highest BCUT2D eigenvalue weighted by molar-refractivity contribution is 5.74. The van der Waals surface area contributed by atoms with Crippen LogP contribution >= 0.6 is 0 Å². The molecule has 0 spiro atoms. The molecule has 4 rings (SSSR count). The van der Waals surface area contributed by atoms with E-state index in [-0.39, 0.29) is 5.56 Å². The number of hydrogen-bond acceptors (Lipinski definition) is 5. The van der Waals surface area contributed by atoms with Gasteiger partial charge in [-0.3, -0.25) is 19.7 Å². The number of aryl methyl sites for hydroxylation is 1. The first-order valence-electron chi connectivity index (χ1n) is 9.75. The molecular formula is C22H23N5O. The van der Waals surface area contributed by atoms with Gasteiger partial charge in [-0.15, -0.1) is 0 Å². The van der Waals surface area contributed by atoms with E-state index < -0.39 is 0 Å². The Hall–Kier alpha value is -3.04. The van der Waals surface area contributed by atoms with Crippen molar-refractivity contribution in [1.82, 2.24) is 19.9 Å². The summed E-state index contributed by atoms with van der Waals surface area (Å²) in [6, 6.07) is 9.86. The highest BCUT2D eigenvalue weighted by Crippen LogP contribution is 2.27. The number of hydrogen-bond donors (Lipinski definition) is 1. The predicted octanol–water partition coefficient (Wildman–Crippen LogP) is 3.13. The summed E-state index contributed by atoms with van der Waals surface area (Å²) in [5.41, 5.74) is 5.19. The molecule has 4 heterocycles. The van der Waals surface area contributed by atoms with Gasteiger partial charge in [0.2, 0.25) is 0 Å². The zero-order chi connectivity index (χ0) is 19.5. The predicted molar refractivity (Wildman–Crippen MR) is 108 cm³/mol. The Morgan fingerprint density at radius 3 is 2.71 bits per heavy atom. The maximum absolute atomic E-state index is 12.1. The van der Waals surface area contributed by atoms with Crippen LogP contribution in [-0.4, -0.2) is 32.9 Å². The number of aromatic nitrogens is 3. The number of nitriles is 1. The Kier molecular flexibility index (Phi) is 5.18. The first-order valence-corrected chi connectivity index (χ1v) is 9.75. The maximum atomic E-state index is 12.1. The van der Waals surface area contributed by atoms with Gasteiger partial charge in [-0.25, -0.2) is 0 Å². The molecule has 0 radical (unpaired) electrons. The van der Waals surface area contributed by atoms with E-state index in [1.165, 1.54) is 0 Å². The smallest absolute Gasteiger partial charge is 0.251 e. The Morgan fingerprint density at radius 1 is 1.21 bits per heavy atom. The molecule has 0 atom stereocenters. The normalized spacial score (nSPS) is 15.6. The second-order valence-corrected chi connectivity index (χ2v) is 7.39. The molecule has 0 aliphatic carbocycles. The highest BCUT2D eigenvalue weighted by Gasteiger charge is 2.21. The maximum Gasteiger partial charge on any atom is 0.251 e. The van der Waals surface area contributed by atoms with Crippen molar-refractivity contribution in [2.24, 2.45) is 0 Å². The summed E-state index contributed by atoms with van der Waals surface area (Å²) >= 11 is 0. The van der Waals surface area contributed by atoms with Crippen LogP contribution in [0.1, 0.15) is 48.1 Å². The van der Waals surface area contributed by atoms with Crippen LogP contribution in [0.2, 0.25) is 0 Å². The summed E-state index contributed by atoms with van der Waals surface area (Å²) in [5, 5.41) is 8.90. The molecule has 3 aromatic heterocycles. The van der Waals surface area contributed by atoms with Gasteiger partial charge >= 0.3 is 0 Å². The third-order valence-electron chi connectivity index (χ3n) is 5.53. The monoisotopic (exact) mass is 373 g/mol. The van der Waals surface area contributed by atoms with Crippen LogP contribution in [0.3, 0.4) is 0 Å². The van der Waals surface area contributed by atoms with Crippen molar-refractivity contribution in [3.63, 3.8) is 0 Å². The molecule has 142 valence electrons. The van der Waals surface area contributed by atoms with Gasteiger partial charge in [-0.2, -0.15) is 5.26 Å². The molecule has 0 saturated carbocycles. The number of aromatic amines is 1. The Balaban J connectivity index is 1.41. The van der Waals surface area contributed by atoms with Crippen molar-refractivity contribution >= 4 is 11.0 Å². The zero-order valence-electron chi connectivity index (χ0n) is 16.0. The minimum absolute atomic E-state index is 0.0234. The Bertz CT molecular complexity index is 1070. The quantitative estimate of drug-likeness (QED) is 0.759. The van der Waals surface area contributed by atoms with Crippen molar-refractivity contribution < 1.29 is 0 Å². The molecule has 0 bridgehead atoms. The molecular weight excluding hydrogens is 350 g/mol.